The van der Waals surface area contributed by atoms with Crippen molar-refractivity contribution in [3.05, 3.63) is 29.8 Å². The number of carbonyl (C=O) groups excluding carboxylic acids is 1. The maximum atomic E-state index is 13.6. The van der Waals surface area contributed by atoms with Gasteiger partial charge in [0.25, 0.3) is 5.91 Å². The van der Waals surface area contributed by atoms with Crippen LogP contribution in [0.5, 0.6) is 0 Å². The van der Waals surface area contributed by atoms with E-state index in [4.69, 9.17) is 5.73 Å². The molecule has 4 rings (SSSR count). The highest BCUT2D eigenvalue weighted by atomic mass is 19.1. The predicted molar refractivity (Wildman–Crippen MR) is 85.0 cm³/mol. The molecule has 3 heterocycles. The summed E-state index contributed by atoms with van der Waals surface area (Å²) in [5.41, 5.74) is 7.47. The normalized spacial score (nSPS) is 20.1. The van der Waals surface area contributed by atoms with Crippen molar-refractivity contribution >= 4 is 17.1 Å². The zero-order valence-corrected chi connectivity index (χ0v) is 13.3. The first-order valence-corrected chi connectivity index (χ1v) is 7.77. The maximum Gasteiger partial charge on any atom is 0.252 e. The summed E-state index contributed by atoms with van der Waals surface area (Å²) in [6, 6.07) is 2.04. The summed E-state index contributed by atoms with van der Waals surface area (Å²) in [7, 11) is 4.21. The first-order chi connectivity index (χ1) is 10.9. The Labute approximate surface area is 133 Å². The van der Waals surface area contributed by atoms with Gasteiger partial charge >= 0.3 is 0 Å². The monoisotopic (exact) mass is 317 g/mol. The number of carbonyl (C=O) groups is 1. The average Bonchev–Trinajstić information content (AvgIpc) is 2.75. The average molecular weight is 317 g/mol. The largest absolute Gasteiger partial charge is 0.368 e. The molecule has 2 aliphatic rings. The lowest BCUT2D eigenvalue weighted by atomic mass is 9.60. The summed E-state index contributed by atoms with van der Waals surface area (Å²) in [6.45, 7) is 1.76. The van der Waals surface area contributed by atoms with E-state index < -0.39 is 5.91 Å². The van der Waals surface area contributed by atoms with Crippen LogP contribution in [0, 0.1) is 11.2 Å². The summed E-state index contributed by atoms with van der Waals surface area (Å²) < 4.78 is 15.1. The van der Waals surface area contributed by atoms with E-state index in [9.17, 15) is 9.18 Å². The van der Waals surface area contributed by atoms with E-state index in [0.29, 0.717) is 28.2 Å². The number of hydrogen-bond acceptors (Lipinski definition) is 4. The van der Waals surface area contributed by atoms with Crippen LogP contribution in [0.1, 0.15) is 23.2 Å². The number of fused-ring (bicyclic) bond motifs is 1. The fourth-order valence-electron chi connectivity index (χ4n) is 4.01. The van der Waals surface area contributed by atoms with Crippen molar-refractivity contribution in [1.29, 1.82) is 0 Å². The summed E-state index contributed by atoms with van der Waals surface area (Å²) in [6.07, 6.45) is 5.07. The van der Waals surface area contributed by atoms with Crippen LogP contribution < -0.4 is 10.6 Å². The molecule has 0 aromatic carbocycles. The van der Waals surface area contributed by atoms with Crippen molar-refractivity contribution in [3.8, 4) is 0 Å². The zero-order chi connectivity index (χ0) is 16.4. The minimum absolute atomic E-state index is 0.329. The van der Waals surface area contributed by atoms with Crippen LogP contribution in [0.25, 0.3) is 5.52 Å². The number of nitrogens with two attached hydrogens (primary N) is 1. The van der Waals surface area contributed by atoms with Gasteiger partial charge in [0.15, 0.2) is 0 Å². The van der Waals surface area contributed by atoms with Crippen LogP contribution in [0.2, 0.25) is 0 Å². The molecule has 0 atom stereocenters. The van der Waals surface area contributed by atoms with Gasteiger partial charge in [-0.15, -0.1) is 0 Å². The minimum Gasteiger partial charge on any atom is -0.368 e. The quantitative estimate of drug-likeness (QED) is 0.921. The first-order valence-electron chi connectivity index (χ1n) is 7.77. The van der Waals surface area contributed by atoms with Gasteiger partial charge in [-0.05, 0) is 26.9 Å². The van der Waals surface area contributed by atoms with Crippen LogP contribution >= 0.6 is 0 Å². The SMILES string of the molecule is CN(C)C1CC2(C1)CN(c1c(C(N)=O)cnn3cc(F)cc13)C2. The standard InChI is InChI=1S/C16H20FN5O/c1-20(2)11-4-16(5-11)8-21(9-16)14-12(15(18)23)6-19-22-7-10(17)3-13(14)22/h3,6-7,11H,4-5,8-9H2,1-2H3,(H2,18,23). The summed E-state index contributed by atoms with van der Waals surface area (Å²) in [4.78, 5) is 16.1. The van der Waals surface area contributed by atoms with Gasteiger partial charge < -0.3 is 15.5 Å². The van der Waals surface area contributed by atoms with Gasteiger partial charge in [0.2, 0.25) is 0 Å². The number of anilines is 1. The third-order valence-corrected chi connectivity index (χ3v) is 5.28. The number of hydrogen-bond donors (Lipinski definition) is 1. The molecule has 2 N–H and O–H groups in total. The predicted octanol–water partition coefficient (Wildman–Crippen LogP) is 1.10. The Kier molecular flexibility index (Phi) is 2.93. The van der Waals surface area contributed by atoms with E-state index in [0.717, 1.165) is 13.1 Å². The Balaban J connectivity index is 1.65. The third kappa shape index (κ3) is 2.10. The Morgan fingerprint density at radius 3 is 2.74 bits per heavy atom. The molecule has 7 heteroatoms. The molecular formula is C16H20FN5O. The molecule has 2 aromatic rings. The smallest absolute Gasteiger partial charge is 0.252 e. The topological polar surface area (TPSA) is 66.9 Å². The molecule has 23 heavy (non-hydrogen) atoms. The number of aromatic nitrogens is 2. The summed E-state index contributed by atoms with van der Waals surface area (Å²) in [5, 5.41) is 4.07. The van der Waals surface area contributed by atoms with Gasteiger partial charge in [-0.3, -0.25) is 4.79 Å². The van der Waals surface area contributed by atoms with Gasteiger partial charge in [0.05, 0.1) is 29.2 Å². The van der Waals surface area contributed by atoms with Crippen molar-refractivity contribution in [2.45, 2.75) is 18.9 Å². The molecular weight excluding hydrogens is 297 g/mol. The number of nitrogens with zero attached hydrogens (tertiary/aromatic N) is 4. The molecule has 1 saturated carbocycles. The van der Waals surface area contributed by atoms with Crippen molar-refractivity contribution < 1.29 is 9.18 Å². The molecule has 0 radical (unpaired) electrons. The molecule has 2 aromatic heterocycles. The molecule has 1 spiro atoms. The van der Waals surface area contributed by atoms with E-state index >= 15 is 0 Å². The van der Waals surface area contributed by atoms with Gasteiger partial charge in [-0.2, -0.15) is 5.10 Å². The Hall–Kier alpha value is -2.15. The highest BCUT2D eigenvalue weighted by Crippen LogP contribution is 2.51. The van der Waals surface area contributed by atoms with Crippen molar-refractivity contribution in [2.75, 3.05) is 32.1 Å². The first kappa shape index (κ1) is 14.4. The zero-order valence-electron chi connectivity index (χ0n) is 13.3. The van der Waals surface area contributed by atoms with Crippen LogP contribution in [0.4, 0.5) is 10.1 Å². The number of rotatable bonds is 3. The lowest BCUT2D eigenvalue weighted by Crippen LogP contribution is -2.66. The molecule has 1 amide bonds. The molecule has 1 saturated heterocycles. The van der Waals surface area contributed by atoms with Gasteiger partial charge in [-0.1, -0.05) is 0 Å². The highest BCUT2D eigenvalue weighted by molar-refractivity contribution is 6.02. The van der Waals surface area contributed by atoms with E-state index in [1.165, 1.54) is 35.8 Å². The fourth-order valence-corrected chi connectivity index (χ4v) is 4.01. The van der Waals surface area contributed by atoms with E-state index in [2.05, 4.69) is 29.0 Å². The van der Waals surface area contributed by atoms with Gasteiger partial charge in [0.1, 0.15) is 5.82 Å². The molecule has 2 fully saturated rings. The Morgan fingerprint density at radius 1 is 1.43 bits per heavy atom. The molecule has 0 bridgehead atoms. The highest BCUT2D eigenvalue weighted by Gasteiger charge is 2.53. The maximum absolute atomic E-state index is 13.6. The summed E-state index contributed by atoms with van der Waals surface area (Å²) >= 11 is 0. The minimum atomic E-state index is -0.530. The fraction of sp³-hybridized carbons (Fsp3) is 0.500. The molecule has 122 valence electrons. The number of primary amides is 1. The van der Waals surface area contributed by atoms with Crippen LogP contribution in [-0.2, 0) is 0 Å². The summed E-state index contributed by atoms with van der Waals surface area (Å²) in [5.74, 6) is -0.899. The number of halogens is 1. The van der Waals surface area contributed by atoms with E-state index in [1.807, 2.05) is 0 Å². The van der Waals surface area contributed by atoms with Crippen molar-refractivity contribution in [2.24, 2.45) is 11.1 Å². The second-order valence-electron chi connectivity index (χ2n) is 7.14. The van der Waals surface area contributed by atoms with Crippen LogP contribution in [-0.4, -0.2) is 53.6 Å². The lowest BCUT2D eigenvalue weighted by molar-refractivity contribution is 0.00137. The van der Waals surface area contributed by atoms with E-state index in [-0.39, 0.29) is 5.82 Å². The second kappa shape index (κ2) is 4.67. The van der Waals surface area contributed by atoms with Crippen LogP contribution in [0.15, 0.2) is 18.5 Å². The van der Waals surface area contributed by atoms with Crippen LogP contribution in [0.3, 0.4) is 0 Å². The molecule has 6 nitrogen and oxygen atoms in total. The van der Waals surface area contributed by atoms with Gasteiger partial charge in [-0.25, -0.2) is 8.91 Å². The third-order valence-electron chi connectivity index (χ3n) is 5.28. The molecule has 1 aliphatic heterocycles. The Bertz CT molecular complexity index is 785. The number of amides is 1. The second-order valence-corrected chi connectivity index (χ2v) is 7.14. The Morgan fingerprint density at radius 2 is 2.13 bits per heavy atom. The lowest BCUT2D eigenvalue weighted by Gasteiger charge is -2.61. The van der Waals surface area contributed by atoms with Gasteiger partial charge in [0, 0.05) is 30.6 Å². The molecule has 0 unspecified atom stereocenters. The van der Waals surface area contributed by atoms with Crippen molar-refractivity contribution in [3.63, 3.8) is 0 Å². The van der Waals surface area contributed by atoms with Crippen molar-refractivity contribution in [1.82, 2.24) is 14.5 Å². The van der Waals surface area contributed by atoms with E-state index in [1.54, 1.807) is 0 Å². The molecule has 1 aliphatic carbocycles.